The lowest BCUT2D eigenvalue weighted by molar-refractivity contribution is -0.313. The summed E-state index contributed by atoms with van der Waals surface area (Å²) >= 11 is 0. The summed E-state index contributed by atoms with van der Waals surface area (Å²) in [4.78, 5) is 42.8. The van der Waals surface area contributed by atoms with Crippen molar-refractivity contribution >= 4 is 17.7 Å². The first-order chi connectivity index (χ1) is 25.0. The summed E-state index contributed by atoms with van der Waals surface area (Å²) in [6, 6.07) is -0.315. The predicted octanol–water partition coefficient (Wildman–Crippen LogP) is 2.36. The number of ketones is 1. The van der Waals surface area contributed by atoms with Crippen LogP contribution in [0.3, 0.4) is 0 Å². The Balaban J connectivity index is 2.22. The van der Waals surface area contributed by atoms with Crippen LogP contribution in [0.2, 0.25) is 0 Å². The van der Waals surface area contributed by atoms with Crippen LogP contribution in [0.5, 0.6) is 0 Å². The van der Waals surface area contributed by atoms with Crippen molar-refractivity contribution in [1.82, 2.24) is 4.90 Å². The zero-order valence-corrected chi connectivity index (χ0v) is 34.6. The standard InChI is InChI=1S/C39H69NO14/c1-14-27-39(10,47)34(44)21(5)30(42)19(3)18-38(9,46)35(54-37-33(52-28(41)15-2)25(40(11)12)16-20(4)49-37)22(6)32(23(7)36(45)51-27)53-29-17-26(48-13)31(43)24(8)50-29/h19-27,29,31-35,37,43-44,46-47H,14-18H2,1-13H3/t19-,20?,21+,22+,23-,24?,25?,26?,27-,29-,31-,32+,33?,34-,35-,37-,38-,39-/m0/s1. The molecule has 0 amide bonds. The van der Waals surface area contributed by atoms with Crippen LogP contribution in [-0.2, 0) is 47.5 Å². The predicted molar refractivity (Wildman–Crippen MR) is 196 cm³/mol. The maximum absolute atomic E-state index is 14.1. The molecule has 18 atom stereocenters. The second-order valence-electron chi connectivity index (χ2n) is 16.6. The van der Waals surface area contributed by atoms with Gasteiger partial charge >= 0.3 is 11.9 Å². The molecule has 0 aromatic heterocycles. The van der Waals surface area contributed by atoms with Crippen LogP contribution >= 0.6 is 0 Å². The van der Waals surface area contributed by atoms with E-state index >= 15 is 0 Å². The number of aliphatic hydroxyl groups is 4. The van der Waals surface area contributed by atoms with E-state index in [0.717, 1.165) is 0 Å². The van der Waals surface area contributed by atoms with Crippen LogP contribution < -0.4 is 0 Å². The molecule has 15 heteroatoms. The number of aliphatic hydroxyl groups excluding tert-OH is 2. The molecule has 0 aliphatic carbocycles. The number of nitrogens with zero attached hydrogens (tertiary/aromatic N) is 1. The number of hydrogen-bond donors (Lipinski definition) is 4. The van der Waals surface area contributed by atoms with Crippen molar-refractivity contribution in [3.05, 3.63) is 0 Å². The highest BCUT2D eigenvalue weighted by molar-refractivity contribution is 5.83. The second kappa shape index (κ2) is 19.1. The van der Waals surface area contributed by atoms with Crippen molar-refractivity contribution in [2.24, 2.45) is 23.7 Å². The summed E-state index contributed by atoms with van der Waals surface area (Å²) < 4.78 is 43.2. The molecule has 0 spiro atoms. The maximum atomic E-state index is 14.1. The van der Waals surface area contributed by atoms with Crippen LogP contribution in [0.4, 0.5) is 0 Å². The Morgan fingerprint density at radius 1 is 0.926 bits per heavy atom. The zero-order valence-electron chi connectivity index (χ0n) is 34.6. The molecule has 3 aliphatic heterocycles. The molecule has 0 radical (unpaired) electrons. The van der Waals surface area contributed by atoms with Gasteiger partial charge in [0.15, 0.2) is 18.7 Å². The molecule has 3 saturated heterocycles. The first kappa shape index (κ1) is 46.6. The molecule has 0 saturated carbocycles. The number of carbonyl (C=O) groups is 3. The fourth-order valence-electron chi connectivity index (χ4n) is 8.49. The average Bonchev–Trinajstić information content (AvgIpc) is 3.11. The minimum Gasteiger partial charge on any atom is -0.459 e. The molecular weight excluding hydrogens is 706 g/mol. The smallest absolute Gasteiger partial charge is 0.311 e. The monoisotopic (exact) mass is 775 g/mol. The average molecular weight is 776 g/mol. The van der Waals surface area contributed by atoms with Gasteiger partial charge in [0.25, 0.3) is 0 Å². The van der Waals surface area contributed by atoms with Gasteiger partial charge in [-0.15, -0.1) is 0 Å². The Hall–Kier alpha value is -1.79. The summed E-state index contributed by atoms with van der Waals surface area (Å²) in [7, 11) is 5.20. The summed E-state index contributed by atoms with van der Waals surface area (Å²) in [5.41, 5.74) is -3.84. The van der Waals surface area contributed by atoms with Crippen LogP contribution in [0, 0.1) is 23.7 Å². The Bertz CT molecular complexity index is 1250. The molecule has 15 nitrogen and oxygen atoms in total. The number of carbonyl (C=O) groups excluding carboxylic acids is 3. The number of Topliss-reactive ketones (excluding diaryl/α,β-unsaturated/α-hetero) is 1. The SMILES string of the molecule is CCC(=O)OC1C(N(C)C)CC(C)O[C@H]1O[C@H]1[C@H](C)[C@@H](O[C@H]2CC(OC)[C@@H](O)C(C)O2)[C@H](C)C(=O)O[C@@H](CC)[C@](C)(O)[C@@H](O)[C@H](C)C(=O)[C@@H](C)C[C@]1(C)O. The van der Waals surface area contributed by atoms with Gasteiger partial charge in [-0.25, -0.2) is 0 Å². The van der Waals surface area contributed by atoms with Crippen LogP contribution in [-0.4, -0.2) is 149 Å². The number of hydrogen-bond acceptors (Lipinski definition) is 15. The molecule has 4 N–H and O–H groups in total. The Kier molecular flexibility index (Phi) is 16.5. The zero-order chi connectivity index (χ0) is 41.0. The first-order valence-corrected chi connectivity index (χ1v) is 19.6. The molecule has 0 aromatic rings. The summed E-state index contributed by atoms with van der Waals surface area (Å²) in [5.74, 6) is -5.55. The topological polar surface area (TPSA) is 200 Å². The van der Waals surface area contributed by atoms with Gasteiger partial charge in [-0.3, -0.25) is 14.4 Å². The first-order valence-electron chi connectivity index (χ1n) is 19.6. The van der Waals surface area contributed by atoms with E-state index in [1.165, 1.54) is 27.9 Å². The lowest BCUT2D eigenvalue weighted by atomic mass is 9.74. The van der Waals surface area contributed by atoms with Gasteiger partial charge in [0.05, 0.1) is 54.2 Å². The lowest BCUT2D eigenvalue weighted by Gasteiger charge is -2.48. The molecule has 0 aromatic carbocycles. The molecule has 0 bridgehead atoms. The Labute approximate surface area is 321 Å². The van der Waals surface area contributed by atoms with Crippen molar-refractivity contribution in [2.75, 3.05) is 21.2 Å². The minimum absolute atomic E-state index is 0.109. The largest absolute Gasteiger partial charge is 0.459 e. The van der Waals surface area contributed by atoms with E-state index in [0.29, 0.717) is 6.42 Å². The summed E-state index contributed by atoms with van der Waals surface area (Å²) in [5, 5.41) is 46.2. The number of ether oxygens (including phenoxy) is 7. The fraction of sp³-hybridized carbons (Fsp3) is 0.923. The molecule has 3 aliphatic rings. The molecule has 5 unspecified atom stereocenters. The number of methoxy groups -OCH3 is 1. The van der Waals surface area contributed by atoms with Gasteiger partial charge in [-0.05, 0) is 68.0 Å². The van der Waals surface area contributed by atoms with E-state index < -0.39 is 114 Å². The van der Waals surface area contributed by atoms with E-state index in [4.69, 9.17) is 33.2 Å². The second-order valence-corrected chi connectivity index (χ2v) is 16.6. The number of likely N-dealkylation sites (N-methyl/N-ethyl adjacent to an activating group) is 1. The number of esters is 2. The normalized spacial score (nSPS) is 46.1. The summed E-state index contributed by atoms with van der Waals surface area (Å²) in [6.45, 7) is 16.3. The Morgan fingerprint density at radius 2 is 1.56 bits per heavy atom. The van der Waals surface area contributed by atoms with Crippen molar-refractivity contribution in [3.8, 4) is 0 Å². The Morgan fingerprint density at radius 3 is 2.11 bits per heavy atom. The van der Waals surface area contributed by atoms with Crippen LogP contribution in [0.1, 0.15) is 101 Å². The van der Waals surface area contributed by atoms with Crippen LogP contribution in [0.15, 0.2) is 0 Å². The van der Waals surface area contributed by atoms with Crippen LogP contribution in [0.25, 0.3) is 0 Å². The summed E-state index contributed by atoms with van der Waals surface area (Å²) in [6.07, 6.45) is -10.1. The molecule has 3 fully saturated rings. The minimum atomic E-state index is -2.01. The van der Waals surface area contributed by atoms with Crippen molar-refractivity contribution < 1.29 is 68.0 Å². The maximum Gasteiger partial charge on any atom is 0.311 e. The molecular formula is C39H69NO14. The van der Waals surface area contributed by atoms with E-state index in [-0.39, 0.29) is 37.8 Å². The molecule has 314 valence electrons. The highest BCUT2D eigenvalue weighted by Crippen LogP contribution is 2.40. The molecule has 54 heavy (non-hydrogen) atoms. The van der Waals surface area contributed by atoms with Gasteiger partial charge in [0.2, 0.25) is 0 Å². The third-order valence-corrected chi connectivity index (χ3v) is 11.8. The lowest BCUT2D eigenvalue weighted by Crippen LogP contribution is -2.61. The van der Waals surface area contributed by atoms with Gasteiger partial charge in [0.1, 0.15) is 23.6 Å². The highest BCUT2D eigenvalue weighted by Gasteiger charge is 2.53. The van der Waals surface area contributed by atoms with Crippen molar-refractivity contribution in [3.63, 3.8) is 0 Å². The highest BCUT2D eigenvalue weighted by atomic mass is 16.7. The van der Waals surface area contributed by atoms with E-state index in [1.807, 2.05) is 25.9 Å². The molecule has 3 rings (SSSR count). The van der Waals surface area contributed by atoms with Gasteiger partial charge in [-0.1, -0.05) is 34.6 Å². The van der Waals surface area contributed by atoms with Gasteiger partial charge in [-0.2, -0.15) is 0 Å². The molecule has 3 heterocycles. The van der Waals surface area contributed by atoms with Gasteiger partial charge in [0, 0.05) is 37.7 Å². The van der Waals surface area contributed by atoms with E-state index in [1.54, 1.807) is 41.5 Å². The number of rotatable bonds is 9. The quantitative estimate of drug-likeness (QED) is 0.249. The third-order valence-electron chi connectivity index (χ3n) is 11.8. The van der Waals surface area contributed by atoms with Gasteiger partial charge < -0.3 is 58.5 Å². The van der Waals surface area contributed by atoms with Crippen molar-refractivity contribution in [1.29, 1.82) is 0 Å². The number of cyclic esters (lactones) is 1. The van der Waals surface area contributed by atoms with E-state index in [2.05, 4.69) is 0 Å². The third kappa shape index (κ3) is 10.6. The fourth-order valence-corrected chi connectivity index (χ4v) is 8.49. The van der Waals surface area contributed by atoms with E-state index in [9.17, 15) is 34.8 Å². The van der Waals surface area contributed by atoms with Crippen molar-refractivity contribution in [2.45, 2.75) is 186 Å².